The normalized spacial score (nSPS) is 21.6. The minimum atomic E-state index is 0.314. The zero-order valence-electron chi connectivity index (χ0n) is 24.9. The molecule has 0 bridgehead atoms. The van der Waals surface area contributed by atoms with Crippen LogP contribution < -0.4 is 0 Å². The lowest BCUT2D eigenvalue weighted by molar-refractivity contribution is -0.893. The number of quaternary nitrogens is 1. The van der Waals surface area contributed by atoms with Crippen LogP contribution in [0.1, 0.15) is 33.6 Å². The topological polar surface area (TPSA) is 74.9 Å². The number of aliphatic imine (C=N–C) groups is 3. The number of nitrogens with zero attached hydrogens (tertiary/aromatic N) is 9. The van der Waals surface area contributed by atoms with Crippen molar-refractivity contribution in [2.45, 2.75) is 39.7 Å². The molecule has 3 unspecified atom stereocenters. The Morgan fingerprint density at radius 2 is 1.56 bits per heavy atom. The predicted molar refractivity (Wildman–Crippen MR) is 167 cm³/mol. The molecule has 212 valence electrons. The fraction of sp³-hybridized carbons (Fsp3) is 0.406. The molecule has 0 amide bonds. The predicted octanol–water partition coefficient (Wildman–Crippen LogP) is 5.59. The summed E-state index contributed by atoms with van der Waals surface area (Å²) in [6.45, 7) is 8.86. The Bertz CT molecular complexity index is 1690. The Kier molecular flexibility index (Phi) is 7.07. The van der Waals surface area contributed by atoms with Gasteiger partial charge < -0.3 is 9.38 Å². The molecular formula is C32H40N9+. The maximum Gasteiger partial charge on any atom is 0.180 e. The molecule has 1 fully saturated rings. The van der Waals surface area contributed by atoms with Crippen molar-refractivity contribution in [3.63, 3.8) is 0 Å². The number of aromatic nitrogens is 4. The third kappa shape index (κ3) is 5.22. The number of fused-ring (bicyclic) bond motifs is 2. The van der Waals surface area contributed by atoms with Gasteiger partial charge in [0.25, 0.3) is 0 Å². The number of dihydropyridines is 1. The largest absolute Gasteiger partial charge is 0.350 e. The quantitative estimate of drug-likeness (QED) is 0.294. The Labute approximate surface area is 241 Å². The lowest BCUT2D eigenvalue weighted by Crippen LogP contribution is -2.47. The summed E-state index contributed by atoms with van der Waals surface area (Å²) in [5, 5.41) is 9.04. The van der Waals surface area contributed by atoms with E-state index >= 15 is 0 Å². The number of rotatable bonds is 6. The zero-order chi connectivity index (χ0) is 28.7. The molecule has 0 aliphatic carbocycles. The molecular weight excluding hydrogens is 510 g/mol. The smallest absolute Gasteiger partial charge is 0.180 e. The Morgan fingerprint density at radius 3 is 2.15 bits per heavy atom. The summed E-state index contributed by atoms with van der Waals surface area (Å²) in [6.07, 6.45) is 11.9. The first-order valence-corrected chi connectivity index (χ1v) is 14.6. The van der Waals surface area contributed by atoms with Gasteiger partial charge in [-0.25, -0.2) is 24.0 Å². The third-order valence-electron chi connectivity index (χ3n) is 8.82. The van der Waals surface area contributed by atoms with Crippen molar-refractivity contribution in [2.24, 2.45) is 26.8 Å². The van der Waals surface area contributed by atoms with Crippen LogP contribution in [0.25, 0.3) is 11.0 Å². The van der Waals surface area contributed by atoms with Gasteiger partial charge in [0.15, 0.2) is 5.84 Å². The molecule has 9 nitrogen and oxygen atoms in total. The van der Waals surface area contributed by atoms with Crippen molar-refractivity contribution < 1.29 is 4.48 Å². The molecule has 0 saturated carbocycles. The van der Waals surface area contributed by atoms with Gasteiger partial charge in [-0.15, -0.1) is 0 Å². The summed E-state index contributed by atoms with van der Waals surface area (Å²) < 4.78 is 4.63. The van der Waals surface area contributed by atoms with Crippen LogP contribution in [-0.2, 0) is 0 Å². The van der Waals surface area contributed by atoms with E-state index in [0.29, 0.717) is 23.7 Å². The Balaban J connectivity index is 1.52. The van der Waals surface area contributed by atoms with Gasteiger partial charge in [0.05, 0.1) is 51.1 Å². The van der Waals surface area contributed by atoms with Crippen LogP contribution in [-0.4, -0.2) is 86.3 Å². The van der Waals surface area contributed by atoms with Crippen molar-refractivity contribution in [2.75, 3.05) is 34.2 Å². The third-order valence-corrected chi connectivity index (χ3v) is 8.82. The highest BCUT2D eigenvalue weighted by Crippen LogP contribution is 2.32. The van der Waals surface area contributed by atoms with E-state index in [0.717, 1.165) is 64.4 Å². The van der Waals surface area contributed by atoms with Crippen molar-refractivity contribution in [3.8, 4) is 0 Å². The van der Waals surface area contributed by atoms with Crippen LogP contribution in [0.3, 0.4) is 0 Å². The molecule has 2 aliphatic heterocycles. The van der Waals surface area contributed by atoms with Gasteiger partial charge in [-0.1, -0.05) is 39.3 Å². The van der Waals surface area contributed by atoms with Gasteiger partial charge in [-0.05, 0) is 42.2 Å². The summed E-state index contributed by atoms with van der Waals surface area (Å²) in [7, 11) is 6.86. The minimum Gasteiger partial charge on any atom is -0.350 e. The first-order chi connectivity index (χ1) is 19.7. The molecule has 0 spiro atoms. The van der Waals surface area contributed by atoms with Crippen LogP contribution in [0.15, 0.2) is 87.8 Å². The molecule has 3 atom stereocenters. The average Bonchev–Trinajstić information content (AvgIpc) is 3.72. The fourth-order valence-electron chi connectivity index (χ4n) is 5.74. The van der Waals surface area contributed by atoms with Crippen LogP contribution in [0.2, 0.25) is 0 Å². The van der Waals surface area contributed by atoms with Gasteiger partial charge in [0.1, 0.15) is 29.0 Å². The molecule has 6 rings (SSSR count). The molecule has 0 N–H and O–H groups in total. The van der Waals surface area contributed by atoms with E-state index in [1.807, 2.05) is 64.0 Å². The summed E-state index contributed by atoms with van der Waals surface area (Å²) >= 11 is 0. The van der Waals surface area contributed by atoms with Crippen molar-refractivity contribution in [1.29, 1.82) is 0 Å². The van der Waals surface area contributed by atoms with Gasteiger partial charge in [-0.3, -0.25) is 0 Å². The van der Waals surface area contributed by atoms with Gasteiger partial charge in [0.2, 0.25) is 0 Å². The van der Waals surface area contributed by atoms with E-state index < -0.39 is 0 Å². The summed E-state index contributed by atoms with van der Waals surface area (Å²) in [5.41, 5.74) is 5.42. The highest BCUT2D eigenvalue weighted by Gasteiger charge is 2.37. The number of pyridine rings is 2. The van der Waals surface area contributed by atoms with E-state index in [-0.39, 0.29) is 0 Å². The number of amidine groups is 2. The summed E-state index contributed by atoms with van der Waals surface area (Å²) in [6, 6.07) is 12.6. The maximum absolute atomic E-state index is 5.35. The first-order valence-electron chi connectivity index (χ1n) is 14.6. The number of hydrogen-bond acceptors (Lipinski definition) is 5. The van der Waals surface area contributed by atoms with Crippen molar-refractivity contribution in [3.05, 3.63) is 72.8 Å². The Hall–Kier alpha value is -4.11. The number of likely N-dealkylation sites (N-methyl/N-ethyl adjacent to an activating group) is 1. The molecule has 1 saturated heterocycles. The SMILES string of the molecule is CCC(C)C(C)C1=CC(=Nc2cnn3ccccc23)C(=Nc2cnn3ccccc23)N=C1N1CCC([N+](C)(C)C)C1. The van der Waals surface area contributed by atoms with Crippen molar-refractivity contribution >= 4 is 39.8 Å². The van der Waals surface area contributed by atoms with E-state index in [1.165, 1.54) is 5.57 Å². The second-order valence-corrected chi connectivity index (χ2v) is 12.3. The van der Waals surface area contributed by atoms with E-state index in [9.17, 15) is 0 Å². The van der Waals surface area contributed by atoms with E-state index in [4.69, 9.17) is 15.0 Å². The molecule has 6 heterocycles. The second-order valence-electron chi connectivity index (χ2n) is 12.3. The number of hydrogen-bond donors (Lipinski definition) is 0. The zero-order valence-corrected chi connectivity index (χ0v) is 24.9. The standard InChI is InChI=1S/C32H40N9/c1-7-22(2)23(3)25-18-26(35-27-19-33-39-15-10-8-12-29(27)39)31(36-28-20-34-40-16-11-9-13-30(28)40)37-32(25)38-17-14-24(21-38)41(4,5)6/h8-13,15-16,18-20,22-24H,7,14,17,21H2,1-6H3/q+1. The maximum atomic E-state index is 5.35. The van der Waals surface area contributed by atoms with Gasteiger partial charge in [0, 0.05) is 30.9 Å². The van der Waals surface area contributed by atoms with Gasteiger partial charge >= 0.3 is 0 Å². The summed E-state index contributed by atoms with van der Waals surface area (Å²) in [5.74, 6) is 2.44. The van der Waals surface area contributed by atoms with E-state index in [1.54, 1.807) is 6.20 Å². The van der Waals surface area contributed by atoms with Crippen LogP contribution in [0.5, 0.6) is 0 Å². The first kappa shape index (κ1) is 27.1. The lowest BCUT2D eigenvalue weighted by Gasteiger charge is -2.33. The highest BCUT2D eigenvalue weighted by atomic mass is 15.4. The van der Waals surface area contributed by atoms with Crippen LogP contribution >= 0.6 is 0 Å². The molecule has 2 aliphatic rings. The molecule has 4 aromatic rings. The van der Waals surface area contributed by atoms with Gasteiger partial charge in [-0.2, -0.15) is 10.2 Å². The average molecular weight is 551 g/mol. The van der Waals surface area contributed by atoms with Crippen LogP contribution in [0, 0.1) is 11.8 Å². The minimum absolute atomic E-state index is 0.314. The Morgan fingerprint density at radius 1 is 0.927 bits per heavy atom. The molecule has 41 heavy (non-hydrogen) atoms. The van der Waals surface area contributed by atoms with Crippen LogP contribution in [0.4, 0.5) is 11.4 Å². The summed E-state index contributed by atoms with van der Waals surface area (Å²) in [4.78, 5) is 18.1. The monoisotopic (exact) mass is 550 g/mol. The molecule has 0 radical (unpaired) electrons. The molecule has 0 aromatic carbocycles. The fourth-order valence-corrected chi connectivity index (χ4v) is 5.74. The van der Waals surface area contributed by atoms with Crippen molar-refractivity contribution in [1.82, 2.24) is 24.1 Å². The lowest BCUT2D eigenvalue weighted by atomic mass is 9.84. The molecule has 4 aromatic heterocycles. The van der Waals surface area contributed by atoms with E-state index in [2.05, 4.69) is 63.1 Å². The molecule has 9 heteroatoms. The number of likely N-dealkylation sites (tertiary alicyclic amines) is 1. The highest BCUT2D eigenvalue weighted by molar-refractivity contribution is 6.50. The second kappa shape index (κ2) is 10.7.